The number of anilines is 1. The second-order valence-corrected chi connectivity index (χ2v) is 4.23. The quantitative estimate of drug-likeness (QED) is 0.659. The third-order valence-corrected chi connectivity index (χ3v) is 2.92. The molecule has 3 rings (SSSR count). The molecule has 0 aliphatic carbocycles. The van der Waals surface area contributed by atoms with E-state index >= 15 is 0 Å². The highest BCUT2D eigenvalue weighted by Gasteiger charge is 2.09. The van der Waals surface area contributed by atoms with Crippen molar-refractivity contribution in [2.75, 3.05) is 5.73 Å². The topological polar surface area (TPSA) is 51.8 Å². The number of hydrogen-bond acceptors (Lipinski definition) is 3. The Balaban J connectivity index is 2.39. The highest BCUT2D eigenvalue weighted by atomic mass is 14.9. The van der Waals surface area contributed by atoms with E-state index in [-0.39, 0.29) is 0 Å². The Kier molecular flexibility index (Phi) is 2.45. The van der Waals surface area contributed by atoms with Crippen molar-refractivity contribution in [3.05, 3.63) is 54.4 Å². The maximum atomic E-state index is 5.98. The number of nitrogen functional groups attached to an aromatic ring is 1. The highest BCUT2D eigenvalue weighted by Crippen LogP contribution is 2.28. The molecular weight excluding hydrogens is 222 g/mol. The average Bonchev–Trinajstić information content (AvgIpc) is 2.40. The Hall–Kier alpha value is -2.42. The van der Waals surface area contributed by atoms with E-state index in [2.05, 4.69) is 9.97 Å². The number of hydrogen-bond donors (Lipinski definition) is 1. The van der Waals surface area contributed by atoms with Crippen molar-refractivity contribution < 1.29 is 0 Å². The average molecular weight is 235 g/mol. The van der Waals surface area contributed by atoms with Gasteiger partial charge in [0, 0.05) is 10.9 Å². The second kappa shape index (κ2) is 4.11. The van der Waals surface area contributed by atoms with E-state index in [4.69, 9.17) is 5.73 Å². The van der Waals surface area contributed by atoms with Crippen LogP contribution in [0.3, 0.4) is 0 Å². The van der Waals surface area contributed by atoms with Crippen molar-refractivity contribution in [1.82, 2.24) is 9.97 Å². The number of rotatable bonds is 1. The number of nitrogens with zero attached hydrogens (tertiary/aromatic N) is 2. The lowest BCUT2D eigenvalue weighted by Gasteiger charge is -2.08. The Morgan fingerprint density at radius 3 is 2.44 bits per heavy atom. The van der Waals surface area contributed by atoms with Crippen LogP contribution in [0.2, 0.25) is 0 Å². The van der Waals surface area contributed by atoms with Crippen LogP contribution >= 0.6 is 0 Å². The third kappa shape index (κ3) is 1.70. The molecule has 0 saturated heterocycles. The lowest BCUT2D eigenvalue weighted by atomic mass is 10.1. The van der Waals surface area contributed by atoms with Crippen LogP contribution in [0.4, 0.5) is 5.69 Å². The van der Waals surface area contributed by atoms with Crippen LogP contribution in [0.15, 0.2) is 48.5 Å². The van der Waals surface area contributed by atoms with Crippen molar-refractivity contribution in [1.29, 1.82) is 0 Å². The van der Waals surface area contributed by atoms with E-state index in [1.807, 2.05) is 55.5 Å². The smallest absolute Gasteiger partial charge is 0.126 e. The molecule has 0 fully saturated rings. The predicted octanol–water partition coefficient (Wildman–Crippen LogP) is 3.19. The first-order valence-electron chi connectivity index (χ1n) is 5.84. The van der Waals surface area contributed by atoms with Crippen LogP contribution < -0.4 is 5.73 Å². The van der Waals surface area contributed by atoms with Crippen molar-refractivity contribution >= 4 is 16.6 Å². The summed E-state index contributed by atoms with van der Waals surface area (Å²) in [4.78, 5) is 8.97. The summed E-state index contributed by atoms with van der Waals surface area (Å²) < 4.78 is 0. The minimum Gasteiger partial charge on any atom is -0.397 e. The van der Waals surface area contributed by atoms with Gasteiger partial charge in [-0.15, -0.1) is 0 Å². The van der Waals surface area contributed by atoms with Crippen LogP contribution in [0.5, 0.6) is 0 Å². The third-order valence-electron chi connectivity index (χ3n) is 2.92. The van der Waals surface area contributed by atoms with Gasteiger partial charge >= 0.3 is 0 Å². The molecule has 3 aromatic rings. The summed E-state index contributed by atoms with van der Waals surface area (Å²) in [6.07, 6.45) is 0. The Bertz CT molecular complexity index is 706. The number of benzene rings is 2. The minimum atomic E-state index is 0.690. The van der Waals surface area contributed by atoms with Gasteiger partial charge in [0.25, 0.3) is 0 Å². The molecule has 3 heteroatoms. The number of para-hydroxylation sites is 1. The number of aryl methyl sites for hydroxylation is 1. The molecule has 0 atom stereocenters. The minimum absolute atomic E-state index is 0.690. The molecule has 2 N–H and O–H groups in total. The summed E-state index contributed by atoms with van der Waals surface area (Å²) in [6, 6.07) is 15.9. The number of nitrogens with two attached hydrogens (primary N) is 1. The summed E-state index contributed by atoms with van der Waals surface area (Å²) in [5, 5.41) is 0.992. The summed E-state index contributed by atoms with van der Waals surface area (Å²) in [6.45, 7) is 1.89. The molecule has 0 unspecified atom stereocenters. The molecule has 18 heavy (non-hydrogen) atoms. The van der Waals surface area contributed by atoms with Gasteiger partial charge in [-0.3, -0.25) is 0 Å². The van der Waals surface area contributed by atoms with Crippen LogP contribution in [-0.4, -0.2) is 9.97 Å². The number of aromatic nitrogens is 2. The largest absolute Gasteiger partial charge is 0.397 e. The fraction of sp³-hybridized carbons (Fsp3) is 0.0667. The van der Waals surface area contributed by atoms with Crippen molar-refractivity contribution in [2.24, 2.45) is 0 Å². The standard InChI is InChI=1S/C15H13N3/c1-10-17-14(11-6-3-2-4-7-11)12-8-5-9-13(16)15(12)18-10/h2-9H,16H2,1H3. The van der Waals surface area contributed by atoms with Crippen LogP contribution in [-0.2, 0) is 0 Å². The molecule has 1 aromatic heterocycles. The zero-order valence-electron chi connectivity index (χ0n) is 10.1. The lowest BCUT2D eigenvalue weighted by molar-refractivity contribution is 1.10. The van der Waals surface area contributed by atoms with Crippen molar-refractivity contribution in [3.63, 3.8) is 0 Å². The molecule has 0 radical (unpaired) electrons. The lowest BCUT2D eigenvalue weighted by Crippen LogP contribution is -1.97. The molecule has 3 nitrogen and oxygen atoms in total. The zero-order valence-corrected chi connectivity index (χ0v) is 10.1. The molecule has 0 amide bonds. The molecule has 0 aliphatic rings. The molecule has 88 valence electrons. The van der Waals surface area contributed by atoms with Gasteiger partial charge in [-0.2, -0.15) is 0 Å². The second-order valence-electron chi connectivity index (χ2n) is 4.23. The van der Waals surface area contributed by atoms with E-state index < -0.39 is 0 Å². The van der Waals surface area contributed by atoms with E-state index in [9.17, 15) is 0 Å². The summed E-state index contributed by atoms with van der Waals surface area (Å²) in [5.41, 5.74) is 9.51. The SMILES string of the molecule is Cc1nc(-c2ccccc2)c2cccc(N)c2n1. The van der Waals surface area contributed by atoms with Gasteiger partial charge in [-0.25, -0.2) is 9.97 Å². The van der Waals surface area contributed by atoms with Crippen LogP contribution in [0, 0.1) is 6.92 Å². The molecular formula is C15H13N3. The summed E-state index contributed by atoms with van der Waals surface area (Å²) in [5.74, 6) is 0.735. The van der Waals surface area contributed by atoms with Gasteiger partial charge in [0.15, 0.2) is 0 Å². The van der Waals surface area contributed by atoms with Gasteiger partial charge < -0.3 is 5.73 Å². The fourth-order valence-corrected chi connectivity index (χ4v) is 2.10. The Morgan fingerprint density at radius 1 is 0.889 bits per heavy atom. The Morgan fingerprint density at radius 2 is 1.67 bits per heavy atom. The Labute approximate surface area is 105 Å². The van der Waals surface area contributed by atoms with E-state index in [0.29, 0.717) is 5.69 Å². The van der Waals surface area contributed by atoms with Gasteiger partial charge in [0.05, 0.1) is 16.9 Å². The van der Waals surface area contributed by atoms with Crippen molar-refractivity contribution in [3.8, 4) is 11.3 Å². The first-order chi connectivity index (χ1) is 8.75. The maximum absolute atomic E-state index is 5.98. The maximum Gasteiger partial charge on any atom is 0.126 e. The molecule has 2 aromatic carbocycles. The predicted molar refractivity (Wildman–Crippen MR) is 74.1 cm³/mol. The molecule has 1 heterocycles. The van der Waals surface area contributed by atoms with Crippen LogP contribution in [0.25, 0.3) is 22.2 Å². The first-order valence-corrected chi connectivity index (χ1v) is 5.84. The normalized spacial score (nSPS) is 10.7. The summed E-state index contributed by atoms with van der Waals surface area (Å²) >= 11 is 0. The van der Waals surface area contributed by atoms with E-state index in [0.717, 1.165) is 28.0 Å². The number of fused-ring (bicyclic) bond motifs is 1. The van der Waals surface area contributed by atoms with Gasteiger partial charge in [-0.05, 0) is 13.0 Å². The van der Waals surface area contributed by atoms with Gasteiger partial charge in [0.1, 0.15) is 5.82 Å². The highest BCUT2D eigenvalue weighted by molar-refractivity contribution is 5.98. The first kappa shape index (κ1) is 10.7. The molecule has 0 aliphatic heterocycles. The van der Waals surface area contributed by atoms with E-state index in [1.165, 1.54) is 0 Å². The molecule has 0 spiro atoms. The fourth-order valence-electron chi connectivity index (χ4n) is 2.10. The monoisotopic (exact) mass is 235 g/mol. The summed E-state index contributed by atoms with van der Waals surface area (Å²) in [7, 11) is 0. The molecule has 0 saturated carbocycles. The van der Waals surface area contributed by atoms with Gasteiger partial charge in [0.2, 0.25) is 0 Å². The van der Waals surface area contributed by atoms with Gasteiger partial charge in [-0.1, -0.05) is 42.5 Å². The van der Waals surface area contributed by atoms with Crippen LogP contribution in [0.1, 0.15) is 5.82 Å². The zero-order chi connectivity index (χ0) is 12.5. The molecule has 0 bridgehead atoms. The van der Waals surface area contributed by atoms with Crippen molar-refractivity contribution in [2.45, 2.75) is 6.92 Å². The van der Waals surface area contributed by atoms with E-state index in [1.54, 1.807) is 0 Å².